The Morgan fingerprint density at radius 3 is 2.88 bits per heavy atom. The maximum atomic E-state index is 12.9. The van der Waals surface area contributed by atoms with E-state index in [0.29, 0.717) is 23.8 Å². The molecule has 1 atom stereocenters. The van der Waals surface area contributed by atoms with Crippen LogP contribution in [0.15, 0.2) is 47.3 Å². The number of nitrogens with zero attached hydrogens (tertiary/aromatic N) is 4. The Bertz CT molecular complexity index is 908. The van der Waals surface area contributed by atoms with Gasteiger partial charge in [-0.1, -0.05) is 11.3 Å². The minimum atomic E-state index is -0.0372. The molecule has 0 radical (unpaired) electrons. The van der Waals surface area contributed by atoms with Crippen LogP contribution in [0.5, 0.6) is 5.88 Å². The van der Waals surface area contributed by atoms with Crippen LogP contribution in [-0.4, -0.2) is 44.5 Å². The van der Waals surface area contributed by atoms with Crippen molar-refractivity contribution >= 4 is 33.2 Å². The van der Waals surface area contributed by atoms with E-state index >= 15 is 0 Å². The lowest BCUT2D eigenvalue weighted by Crippen LogP contribution is -2.30. The number of hydrogen-bond donors (Lipinski definition) is 0. The van der Waals surface area contributed by atoms with E-state index in [2.05, 4.69) is 25.9 Å². The van der Waals surface area contributed by atoms with Crippen LogP contribution in [0.25, 0.3) is 5.13 Å². The standard InChI is InChI=1S/C18H17BrN4O2S/c1-12-16(26-18(21-12)22-7-2-3-8-22)17(24)23-9-6-14(11-23)25-15-5-4-13(19)10-20-15/h2-5,7-8,10,14H,6,9,11H2,1H3. The van der Waals surface area contributed by atoms with Gasteiger partial charge in [0.25, 0.3) is 5.91 Å². The Labute approximate surface area is 163 Å². The zero-order valence-electron chi connectivity index (χ0n) is 14.1. The highest BCUT2D eigenvalue weighted by Crippen LogP contribution is 2.26. The van der Waals surface area contributed by atoms with Gasteiger partial charge in [-0.15, -0.1) is 0 Å². The Morgan fingerprint density at radius 2 is 2.15 bits per heavy atom. The molecule has 1 fully saturated rings. The normalized spacial score (nSPS) is 16.8. The molecule has 3 aromatic rings. The van der Waals surface area contributed by atoms with Gasteiger partial charge in [-0.3, -0.25) is 4.79 Å². The molecular weight excluding hydrogens is 416 g/mol. The number of rotatable bonds is 4. The number of thiazole rings is 1. The van der Waals surface area contributed by atoms with E-state index < -0.39 is 0 Å². The molecule has 1 aliphatic heterocycles. The van der Waals surface area contributed by atoms with Crippen molar-refractivity contribution in [1.82, 2.24) is 19.4 Å². The SMILES string of the molecule is Cc1nc(-n2cccc2)sc1C(=O)N1CCC(Oc2ccc(Br)cn2)C1. The first kappa shape index (κ1) is 17.2. The number of halogens is 1. The first-order chi connectivity index (χ1) is 12.6. The first-order valence-electron chi connectivity index (χ1n) is 8.28. The van der Waals surface area contributed by atoms with Gasteiger partial charge in [0.15, 0.2) is 5.13 Å². The van der Waals surface area contributed by atoms with E-state index in [9.17, 15) is 4.79 Å². The summed E-state index contributed by atoms with van der Waals surface area (Å²) in [6, 6.07) is 7.60. The van der Waals surface area contributed by atoms with Gasteiger partial charge >= 0.3 is 0 Å². The third kappa shape index (κ3) is 3.52. The summed E-state index contributed by atoms with van der Waals surface area (Å²) >= 11 is 4.78. The van der Waals surface area contributed by atoms with Gasteiger partial charge in [0.1, 0.15) is 11.0 Å². The Hall–Kier alpha value is -2.19. The molecule has 0 bridgehead atoms. The highest BCUT2D eigenvalue weighted by atomic mass is 79.9. The summed E-state index contributed by atoms with van der Waals surface area (Å²) in [7, 11) is 0. The van der Waals surface area contributed by atoms with Crippen molar-refractivity contribution in [1.29, 1.82) is 0 Å². The number of aryl methyl sites for hydroxylation is 1. The molecule has 0 aliphatic carbocycles. The quantitative estimate of drug-likeness (QED) is 0.630. The van der Waals surface area contributed by atoms with E-state index in [0.717, 1.165) is 21.7 Å². The number of aromatic nitrogens is 3. The van der Waals surface area contributed by atoms with Crippen molar-refractivity contribution in [2.75, 3.05) is 13.1 Å². The van der Waals surface area contributed by atoms with Crippen molar-refractivity contribution in [2.24, 2.45) is 0 Å². The van der Waals surface area contributed by atoms with Gasteiger partial charge in [0.2, 0.25) is 5.88 Å². The van der Waals surface area contributed by atoms with Crippen molar-refractivity contribution in [3.63, 3.8) is 0 Å². The molecule has 8 heteroatoms. The van der Waals surface area contributed by atoms with Crippen molar-refractivity contribution in [3.05, 3.63) is 57.9 Å². The Kier molecular flexibility index (Phi) is 4.78. The Morgan fingerprint density at radius 1 is 1.35 bits per heavy atom. The Balaban J connectivity index is 1.44. The molecular formula is C18H17BrN4O2S. The lowest BCUT2D eigenvalue weighted by Gasteiger charge is -2.16. The summed E-state index contributed by atoms with van der Waals surface area (Å²) < 4.78 is 8.73. The number of ether oxygens (including phenoxy) is 1. The van der Waals surface area contributed by atoms with Crippen LogP contribution in [0.1, 0.15) is 21.8 Å². The molecule has 3 aromatic heterocycles. The van der Waals surface area contributed by atoms with Gasteiger partial charge in [-0.05, 0) is 41.1 Å². The molecule has 4 rings (SSSR count). The number of carbonyl (C=O) groups is 1. The average molecular weight is 433 g/mol. The second kappa shape index (κ2) is 7.20. The van der Waals surface area contributed by atoms with E-state index in [4.69, 9.17) is 4.74 Å². The molecule has 1 saturated heterocycles. The fraction of sp³-hybridized carbons (Fsp3) is 0.278. The predicted octanol–water partition coefficient (Wildman–Crippen LogP) is 3.69. The molecule has 1 amide bonds. The fourth-order valence-corrected chi connectivity index (χ4v) is 4.14. The maximum Gasteiger partial charge on any atom is 0.266 e. The molecule has 0 aromatic carbocycles. The smallest absolute Gasteiger partial charge is 0.266 e. The molecule has 4 heterocycles. The largest absolute Gasteiger partial charge is 0.472 e. The van der Waals surface area contributed by atoms with E-state index in [-0.39, 0.29) is 12.0 Å². The van der Waals surface area contributed by atoms with Crippen LogP contribution in [0.3, 0.4) is 0 Å². The van der Waals surface area contributed by atoms with E-state index in [1.807, 2.05) is 53.0 Å². The topological polar surface area (TPSA) is 60.2 Å². The summed E-state index contributed by atoms with van der Waals surface area (Å²) in [4.78, 5) is 24.2. The number of amides is 1. The summed E-state index contributed by atoms with van der Waals surface area (Å²) in [5, 5.41) is 0.807. The molecule has 1 aliphatic rings. The van der Waals surface area contributed by atoms with Gasteiger partial charge in [0, 0.05) is 42.1 Å². The number of carbonyl (C=O) groups excluding carboxylic acids is 1. The van der Waals surface area contributed by atoms with Crippen LogP contribution >= 0.6 is 27.3 Å². The number of pyridine rings is 1. The highest BCUT2D eigenvalue weighted by Gasteiger charge is 2.30. The molecule has 0 saturated carbocycles. The predicted molar refractivity (Wildman–Crippen MR) is 103 cm³/mol. The van der Waals surface area contributed by atoms with Crippen molar-refractivity contribution < 1.29 is 9.53 Å². The zero-order chi connectivity index (χ0) is 18.1. The summed E-state index contributed by atoms with van der Waals surface area (Å²) in [5.74, 6) is 0.602. The second-order valence-corrected chi connectivity index (χ2v) is 7.99. The van der Waals surface area contributed by atoms with E-state index in [1.54, 1.807) is 6.20 Å². The van der Waals surface area contributed by atoms with Gasteiger partial charge < -0.3 is 14.2 Å². The minimum absolute atomic E-state index is 0.0215. The number of likely N-dealkylation sites (tertiary alicyclic amines) is 1. The average Bonchev–Trinajstić information content (AvgIpc) is 3.37. The summed E-state index contributed by atoms with van der Waals surface area (Å²) in [6.45, 7) is 3.12. The number of hydrogen-bond acceptors (Lipinski definition) is 5. The minimum Gasteiger partial charge on any atom is -0.472 e. The van der Waals surface area contributed by atoms with Crippen LogP contribution in [0.4, 0.5) is 0 Å². The lowest BCUT2D eigenvalue weighted by molar-refractivity contribution is 0.0775. The van der Waals surface area contributed by atoms with E-state index in [1.165, 1.54) is 11.3 Å². The fourth-order valence-electron chi connectivity index (χ4n) is 2.91. The third-order valence-corrected chi connectivity index (χ3v) is 5.85. The van der Waals surface area contributed by atoms with Crippen molar-refractivity contribution in [2.45, 2.75) is 19.4 Å². The summed E-state index contributed by atoms with van der Waals surface area (Å²) in [5.41, 5.74) is 0.766. The lowest BCUT2D eigenvalue weighted by atomic mass is 10.3. The molecule has 1 unspecified atom stereocenters. The van der Waals surface area contributed by atoms with Crippen LogP contribution in [0.2, 0.25) is 0 Å². The van der Waals surface area contributed by atoms with Crippen LogP contribution in [-0.2, 0) is 0 Å². The first-order valence-corrected chi connectivity index (χ1v) is 9.89. The van der Waals surface area contributed by atoms with Crippen molar-refractivity contribution in [3.8, 4) is 11.0 Å². The highest BCUT2D eigenvalue weighted by molar-refractivity contribution is 9.10. The second-order valence-electron chi connectivity index (χ2n) is 6.10. The summed E-state index contributed by atoms with van der Waals surface area (Å²) in [6.07, 6.45) is 6.32. The third-order valence-electron chi connectivity index (χ3n) is 4.22. The molecule has 26 heavy (non-hydrogen) atoms. The van der Waals surface area contributed by atoms with Crippen LogP contribution < -0.4 is 4.74 Å². The molecule has 6 nitrogen and oxygen atoms in total. The van der Waals surface area contributed by atoms with Gasteiger partial charge in [-0.25, -0.2) is 9.97 Å². The molecule has 0 N–H and O–H groups in total. The zero-order valence-corrected chi connectivity index (χ0v) is 16.5. The maximum absolute atomic E-state index is 12.9. The molecule has 0 spiro atoms. The van der Waals surface area contributed by atoms with Gasteiger partial charge in [0.05, 0.1) is 12.2 Å². The monoisotopic (exact) mass is 432 g/mol. The van der Waals surface area contributed by atoms with Crippen LogP contribution in [0, 0.1) is 6.92 Å². The van der Waals surface area contributed by atoms with Gasteiger partial charge in [-0.2, -0.15) is 0 Å². The molecule has 134 valence electrons.